The first-order valence-corrected chi connectivity index (χ1v) is 13.1. The zero-order valence-electron chi connectivity index (χ0n) is 21.6. The fourth-order valence-corrected chi connectivity index (χ4v) is 4.23. The third kappa shape index (κ3) is 10.1. The van der Waals surface area contributed by atoms with Crippen LogP contribution in [-0.2, 0) is 11.2 Å². The molecule has 3 unspecified atom stereocenters. The predicted molar refractivity (Wildman–Crippen MR) is 136 cm³/mol. The summed E-state index contributed by atoms with van der Waals surface area (Å²) in [6.45, 7) is 11.5. The quantitative estimate of drug-likeness (QED) is 0.321. The van der Waals surface area contributed by atoms with Gasteiger partial charge in [0.1, 0.15) is 5.75 Å². The Morgan fingerprint density at radius 2 is 2.03 bits per heavy atom. The number of nitrogens with two attached hydrogens (primary N) is 1. The highest BCUT2D eigenvalue weighted by molar-refractivity contribution is 5.81. The lowest BCUT2D eigenvalue weighted by Crippen LogP contribution is -2.47. The molecular weight excluding hydrogens is 412 g/mol. The highest BCUT2D eigenvalue weighted by atomic mass is 16.5. The first-order chi connectivity index (χ1) is 15.6. The number of unbranched alkanes of at least 4 members (excludes halogenated alkanes) is 1. The number of hydrogen-bond acceptors (Lipinski definition) is 4. The van der Waals surface area contributed by atoms with Crippen molar-refractivity contribution in [3.63, 3.8) is 0 Å². The van der Waals surface area contributed by atoms with E-state index in [1.54, 1.807) is 0 Å². The molecule has 0 saturated heterocycles. The lowest BCUT2D eigenvalue weighted by molar-refractivity contribution is -0.130. The van der Waals surface area contributed by atoms with E-state index in [0.29, 0.717) is 18.3 Å². The predicted octanol–water partition coefficient (Wildman–Crippen LogP) is 5.09. The van der Waals surface area contributed by atoms with Gasteiger partial charge in [-0.1, -0.05) is 72.4 Å². The van der Waals surface area contributed by atoms with Crippen LogP contribution >= 0.6 is 0 Å². The molecule has 1 aromatic rings. The minimum Gasteiger partial charge on any atom is -0.494 e. The second-order valence-electron chi connectivity index (χ2n) is 11.1. The van der Waals surface area contributed by atoms with E-state index < -0.39 is 11.5 Å². The maximum atomic E-state index is 12.5. The summed E-state index contributed by atoms with van der Waals surface area (Å²) in [5, 5.41) is 13.6. The van der Waals surface area contributed by atoms with Crippen molar-refractivity contribution in [1.82, 2.24) is 5.32 Å². The number of nitrogens with one attached hydrogen (secondary N) is 1. The molecule has 1 aliphatic rings. The number of carbonyl (C=O) groups excluding carboxylic acids is 1. The Morgan fingerprint density at radius 1 is 1.30 bits per heavy atom. The highest BCUT2D eigenvalue weighted by Crippen LogP contribution is 2.32. The molecule has 4 N–H and O–H groups in total. The summed E-state index contributed by atoms with van der Waals surface area (Å²) < 4.78 is 5.96. The number of aliphatic hydroxyl groups excluding tert-OH is 1. The normalized spacial score (nSPS) is 17.0. The molecule has 0 aromatic heterocycles. The minimum atomic E-state index is -0.755. The third-order valence-electron chi connectivity index (χ3n) is 7.14. The molecule has 0 radical (unpaired) electrons. The van der Waals surface area contributed by atoms with E-state index in [1.165, 1.54) is 18.4 Å². The zero-order chi connectivity index (χ0) is 24.4. The lowest BCUT2D eigenvalue weighted by Gasteiger charge is -2.29. The largest absolute Gasteiger partial charge is 0.494 e. The van der Waals surface area contributed by atoms with Gasteiger partial charge in [-0.05, 0) is 61.1 Å². The Kier molecular flexibility index (Phi) is 11.2. The van der Waals surface area contributed by atoms with Crippen LogP contribution in [0.4, 0.5) is 0 Å². The first kappa shape index (κ1) is 27.7. The second kappa shape index (κ2) is 13.3. The molecule has 5 heteroatoms. The fourth-order valence-electron chi connectivity index (χ4n) is 4.23. The summed E-state index contributed by atoms with van der Waals surface area (Å²) in [6.07, 6.45) is 7.64. The van der Waals surface area contributed by atoms with Crippen LogP contribution in [0.2, 0.25) is 0 Å². The Labute approximate surface area is 201 Å². The molecule has 3 atom stereocenters. The Morgan fingerprint density at radius 3 is 2.67 bits per heavy atom. The molecule has 1 aliphatic carbocycles. The minimum absolute atomic E-state index is 0.0129. The van der Waals surface area contributed by atoms with Crippen molar-refractivity contribution >= 4 is 5.91 Å². The number of carbonyl (C=O) groups is 1. The van der Waals surface area contributed by atoms with Gasteiger partial charge in [-0.25, -0.2) is 0 Å². The summed E-state index contributed by atoms with van der Waals surface area (Å²) in [6, 6.07) is 7.99. The SMILES string of the molecule is CCCCC(C)(C)C(=O)NCC(O)C(N)CC(Cc1cccc(OCCC2CC2)c1)C(C)C. The number of hydrogen-bond donors (Lipinski definition) is 3. The molecule has 0 spiro atoms. The van der Waals surface area contributed by atoms with E-state index >= 15 is 0 Å². The molecule has 1 amide bonds. The Bertz CT molecular complexity index is 715. The fraction of sp³-hybridized carbons (Fsp3) is 0.750. The molecule has 1 aromatic carbocycles. The smallest absolute Gasteiger partial charge is 0.225 e. The molecule has 0 aliphatic heterocycles. The summed E-state index contributed by atoms with van der Waals surface area (Å²) in [4.78, 5) is 12.5. The van der Waals surface area contributed by atoms with Crippen molar-refractivity contribution in [2.75, 3.05) is 13.2 Å². The molecule has 0 bridgehead atoms. The van der Waals surface area contributed by atoms with Gasteiger partial charge in [0.25, 0.3) is 0 Å². The highest BCUT2D eigenvalue weighted by Gasteiger charge is 2.28. The van der Waals surface area contributed by atoms with E-state index in [2.05, 4.69) is 44.3 Å². The van der Waals surface area contributed by atoms with Crippen molar-refractivity contribution in [1.29, 1.82) is 0 Å². The molecule has 5 nitrogen and oxygen atoms in total. The van der Waals surface area contributed by atoms with Crippen molar-refractivity contribution in [3.8, 4) is 5.75 Å². The first-order valence-electron chi connectivity index (χ1n) is 13.1. The van der Waals surface area contributed by atoms with E-state index in [-0.39, 0.29) is 18.5 Å². The molecule has 0 heterocycles. The monoisotopic (exact) mass is 460 g/mol. The van der Waals surface area contributed by atoms with Gasteiger partial charge < -0.3 is 20.9 Å². The lowest BCUT2D eigenvalue weighted by atomic mass is 9.83. The number of aliphatic hydroxyl groups is 1. The molecule has 188 valence electrons. The number of amides is 1. The van der Waals surface area contributed by atoms with Gasteiger partial charge in [-0.2, -0.15) is 0 Å². The maximum absolute atomic E-state index is 12.5. The van der Waals surface area contributed by atoms with Crippen LogP contribution < -0.4 is 15.8 Å². The van der Waals surface area contributed by atoms with Crippen molar-refractivity contribution in [3.05, 3.63) is 29.8 Å². The Balaban J connectivity index is 1.84. The van der Waals surface area contributed by atoms with Crippen molar-refractivity contribution in [2.24, 2.45) is 28.9 Å². The van der Waals surface area contributed by atoms with E-state index in [1.807, 2.05) is 19.9 Å². The average molecular weight is 461 g/mol. The summed E-state index contributed by atoms with van der Waals surface area (Å²) in [5.74, 6) is 2.58. The van der Waals surface area contributed by atoms with Gasteiger partial charge in [0, 0.05) is 18.0 Å². The molecule has 1 fully saturated rings. The van der Waals surface area contributed by atoms with E-state index in [9.17, 15) is 9.90 Å². The van der Waals surface area contributed by atoms with Gasteiger partial charge in [0.05, 0.1) is 12.7 Å². The van der Waals surface area contributed by atoms with Crippen LogP contribution in [0.1, 0.15) is 85.1 Å². The van der Waals surface area contributed by atoms with Gasteiger partial charge in [-0.3, -0.25) is 4.79 Å². The molecule has 2 rings (SSSR count). The Hall–Kier alpha value is -1.59. The number of rotatable bonds is 16. The summed E-state index contributed by atoms with van der Waals surface area (Å²) in [5.41, 5.74) is 7.21. The van der Waals surface area contributed by atoms with Crippen LogP contribution in [0.5, 0.6) is 5.75 Å². The summed E-state index contributed by atoms with van der Waals surface area (Å²) >= 11 is 0. The zero-order valence-corrected chi connectivity index (χ0v) is 21.6. The molecule has 1 saturated carbocycles. The van der Waals surface area contributed by atoms with Crippen LogP contribution in [-0.4, -0.2) is 36.3 Å². The standard InChI is InChI=1S/C28H48N2O3/c1-6-7-14-28(4,5)27(32)30-19-26(31)25(29)18-23(20(2)3)16-22-9-8-10-24(17-22)33-15-13-21-11-12-21/h8-10,17,20-21,23,25-26,31H,6-7,11-16,18-19,29H2,1-5H3,(H,30,32). The number of ether oxygens (including phenoxy) is 1. The van der Waals surface area contributed by atoms with Crippen LogP contribution in [0, 0.1) is 23.2 Å². The van der Waals surface area contributed by atoms with Crippen molar-refractivity contribution < 1.29 is 14.6 Å². The van der Waals surface area contributed by atoms with Gasteiger partial charge in [-0.15, -0.1) is 0 Å². The summed E-state index contributed by atoms with van der Waals surface area (Å²) in [7, 11) is 0. The van der Waals surface area contributed by atoms with Gasteiger partial charge >= 0.3 is 0 Å². The van der Waals surface area contributed by atoms with Crippen LogP contribution in [0.15, 0.2) is 24.3 Å². The van der Waals surface area contributed by atoms with Crippen LogP contribution in [0.25, 0.3) is 0 Å². The van der Waals surface area contributed by atoms with Gasteiger partial charge in [0.2, 0.25) is 5.91 Å². The van der Waals surface area contributed by atoms with E-state index in [4.69, 9.17) is 10.5 Å². The third-order valence-corrected chi connectivity index (χ3v) is 7.14. The average Bonchev–Trinajstić information content (AvgIpc) is 3.59. The van der Waals surface area contributed by atoms with Crippen molar-refractivity contribution in [2.45, 2.75) is 98.1 Å². The second-order valence-corrected chi connectivity index (χ2v) is 11.1. The van der Waals surface area contributed by atoms with Gasteiger partial charge in [0.15, 0.2) is 0 Å². The maximum Gasteiger partial charge on any atom is 0.225 e. The molecular formula is C28H48N2O3. The van der Waals surface area contributed by atoms with E-state index in [0.717, 1.165) is 50.4 Å². The molecule has 33 heavy (non-hydrogen) atoms. The topological polar surface area (TPSA) is 84.6 Å². The van der Waals surface area contributed by atoms with Crippen LogP contribution in [0.3, 0.4) is 0 Å². The number of benzene rings is 1.